The number of aromatic nitrogens is 1. The molecule has 8 heteroatoms. The fraction of sp³-hybridized carbons (Fsp3) is 0.444. The van der Waals surface area contributed by atoms with Crippen LogP contribution in [-0.4, -0.2) is 22.1 Å². The maximum absolute atomic E-state index is 12.1. The maximum atomic E-state index is 12.1. The summed E-state index contributed by atoms with van der Waals surface area (Å²) < 4.78 is 36.2. The molecular weight excluding hydrogens is 239 g/mol. The van der Waals surface area contributed by atoms with Gasteiger partial charge in [-0.3, -0.25) is 0 Å². The molecule has 1 aromatic rings. The molecule has 1 atom stereocenters. The summed E-state index contributed by atoms with van der Waals surface area (Å²) in [4.78, 5) is 13.3. The number of nitrogens with zero attached hydrogens (tertiary/aromatic N) is 2. The van der Waals surface area contributed by atoms with Crippen molar-refractivity contribution in [2.24, 2.45) is 0 Å². The highest BCUT2D eigenvalue weighted by atomic mass is 19.4. The van der Waals surface area contributed by atoms with Gasteiger partial charge in [-0.1, -0.05) is 0 Å². The van der Waals surface area contributed by atoms with Crippen molar-refractivity contribution in [1.82, 2.24) is 4.98 Å². The molecule has 0 aliphatic heterocycles. The minimum atomic E-state index is -4.32. The lowest BCUT2D eigenvalue weighted by Gasteiger charge is -2.16. The first-order valence-electron chi connectivity index (χ1n) is 4.72. The lowest BCUT2D eigenvalue weighted by atomic mass is 10.2. The lowest BCUT2D eigenvalue weighted by Crippen LogP contribution is -2.24. The van der Waals surface area contributed by atoms with Gasteiger partial charge in [-0.2, -0.15) is 13.2 Å². The summed E-state index contributed by atoms with van der Waals surface area (Å²) in [7, 11) is 0. The second kappa shape index (κ2) is 4.98. The zero-order valence-electron chi connectivity index (χ0n) is 8.86. The van der Waals surface area contributed by atoms with Gasteiger partial charge in [0.25, 0.3) is 0 Å². The van der Waals surface area contributed by atoms with Crippen molar-refractivity contribution in [3.8, 4) is 0 Å². The van der Waals surface area contributed by atoms with Crippen molar-refractivity contribution in [2.45, 2.75) is 25.6 Å². The summed E-state index contributed by atoms with van der Waals surface area (Å²) in [5, 5.41) is 13.0. The Balaban J connectivity index is 2.78. The number of alkyl halides is 3. The highest BCUT2D eigenvalue weighted by Gasteiger charge is 2.30. The number of hydrogen-bond donors (Lipinski definition) is 1. The van der Waals surface area contributed by atoms with E-state index in [0.29, 0.717) is 0 Å². The zero-order chi connectivity index (χ0) is 13.1. The van der Waals surface area contributed by atoms with Crippen LogP contribution in [0.4, 0.5) is 24.7 Å². The van der Waals surface area contributed by atoms with Gasteiger partial charge in [0.15, 0.2) is 0 Å². The fourth-order valence-electron chi connectivity index (χ4n) is 1.32. The van der Waals surface area contributed by atoms with Crippen molar-refractivity contribution < 1.29 is 18.1 Å². The summed E-state index contributed by atoms with van der Waals surface area (Å²) in [6.45, 7) is 1.30. The molecule has 1 heterocycles. The molecule has 0 radical (unpaired) electrons. The standard InChI is InChI=1S/C9H10F3N3O2/c1-6(5-9(10,11)12)14-7-3-2-4-13-8(7)15(16)17/h2-4,6,14H,5H2,1H3. The van der Waals surface area contributed by atoms with E-state index in [0.717, 1.165) is 0 Å². The molecule has 0 fully saturated rings. The van der Waals surface area contributed by atoms with E-state index >= 15 is 0 Å². The van der Waals surface area contributed by atoms with Crippen molar-refractivity contribution in [1.29, 1.82) is 0 Å². The molecule has 17 heavy (non-hydrogen) atoms. The molecule has 1 aromatic heterocycles. The number of hydrogen-bond acceptors (Lipinski definition) is 4. The Bertz CT molecular complexity index is 409. The normalized spacial score (nSPS) is 13.2. The molecule has 0 amide bonds. The van der Waals surface area contributed by atoms with Crippen LogP contribution >= 0.6 is 0 Å². The van der Waals surface area contributed by atoms with Crippen molar-refractivity contribution in [2.75, 3.05) is 5.32 Å². The van der Waals surface area contributed by atoms with E-state index in [1.807, 2.05) is 0 Å². The van der Waals surface area contributed by atoms with E-state index in [1.54, 1.807) is 0 Å². The summed E-state index contributed by atoms with van der Waals surface area (Å²) in [6.07, 6.45) is -4.18. The molecule has 0 aliphatic rings. The molecule has 0 aromatic carbocycles. The van der Waals surface area contributed by atoms with Crippen LogP contribution in [0.1, 0.15) is 13.3 Å². The third-order valence-electron chi connectivity index (χ3n) is 1.90. The van der Waals surface area contributed by atoms with Gasteiger partial charge in [-0.05, 0) is 29.0 Å². The first-order chi connectivity index (χ1) is 7.79. The molecular formula is C9H10F3N3O2. The van der Waals surface area contributed by atoms with Crippen molar-refractivity contribution >= 4 is 11.5 Å². The number of nitrogens with one attached hydrogen (secondary N) is 1. The van der Waals surface area contributed by atoms with E-state index in [2.05, 4.69) is 10.3 Å². The Labute approximate surface area is 94.8 Å². The van der Waals surface area contributed by atoms with Crippen LogP contribution in [0.25, 0.3) is 0 Å². The predicted octanol–water partition coefficient (Wildman–Crippen LogP) is 2.74. The molecule has 0 aliphatic carbocycles. The monoisotopic (exact) mass is 249 g/mol. The first-order valence-corrected chi connectivity index (χ1v) is 4.72. The Morgan fingerprint density at radius 2 is 2.24 bits per heavy atom. The molecule has 1 N–H and O–H groups in total. The highest BCUT2D eigenvalue weighted by Crippen LogP contribution is 2.26. The quantitative estimate of drug-likeness (QED) is 0.658. The van der Waals surface area contributed by atoms with Gasteiger partial charge in [-0.15, -0.1) is 0 Å². The highest BCUT2D eigenvalue weighted by molar-refractivity contribution is 5.57. The molecule has 0 saturated heterocycles. The van der Waals surface area contributed by atoms with Gasteiger partial charge in [-0.25, -0.2) is 0 Å². The summed E-state index contributed by atoms with van der Waals surface area (Å²) in [6, 6.07) is 1.77. The average Bonchev–Trinajstić information content (AvgIpc) is 2.14. The molecule has 1 unspecified atom stereocenters. The van der Waals surface area contributed by atoms with Crippen LogP contribution in [0.2, 0.25) is 0 Å². The van der Waals surface area contributed by atoms with Crippen LogP contribution in [0.15, 0.2) is 18.3 Å². The molecule has 0 bridgehead atoms. The van der Waals surface area contributed by atoms with Gasteiger partial charge < -0.3 is 15.4 Å². The topological polar surface area (TPSA) is 68.1 Å². The number of halogens is 3. The first kappa shape index (κ1) is 13.2. The third kappa shape index (κ3) is 4.25. The summed E-state index contributed by atoms with van der Waals surface area (Å²) in [5.74, 6) is -0.485. The van der Waals surface area contributed by atoms with Crippen molar-refractivity contribution in [3.63, 3.8) is 0 Å². The van der Waals surface area contributed by atoms with E-state index in [9.17, 15) is 23.3 Å². The van der Waals surface area contributed by atoms with Gasteiger partial charge >= 0.3 is 12.0 Å². The Morgan fingerprint density at radius 1 is 1.59 bits per heavy atom. The van der Waals surface area contributed by atoms with Crippen LogP contribution in [0, 0.1) is 10.1 Å². The number of nitro groups is 1. The van der Waals surface area contributed by atoms with Gasteiger partial charge in [0.1, 0.15) is 11.9 Å². The maximum Gasteiger partial charge on any atom is 0.391 e. The van der Waals surface area contributed by atoms with E-state index in [1.165, 1.54) is 25.3 Å². The van der Waals surface area contributed by atoms with E-state index in [-0.39, 0.29) is 5.69 Å². The summed E-state index contributed by atoms with van der Waals surface area (Å²) in [5.41, 5.74) is -0.0192. The van der Waals surface area contributed by atoms with Gasteiger partial charge in [0, 0.05) is 6.04 Å². The number of anilines is 1. The van der Waals surface area contributed by atoms with Gasteiger partial charge in [0.05, 0.1) is 6.42 Å². The predicted molar refractivity (Wildman–Crippen MR) is 54.6 cm³/mol. The van der Waals surface area contributed by atoms with Gasteiger partial charge in [0.2, 0.25) is 0 Å². The van der Waals surface area contributed by atoms with Crippen LogP contribution in [0.5, 0.6) is 0 Å². The van der Waals surface area contributed by atoms with Crippen LogP contribution in [-0.2, 0) is 0 Å². The third-order valence-corrected chi connectivity index (χ3v) is 1.90. The Morgan fingerprint density at radius 3 is 2.76 bits per heavy atom. The van der Waals surface area contributed by atoms with Crippen LogP contribution in [0.3, 0.4) is 0 Å². The average molecular weight is 249 g/mol. The minimum Gasteiger partial charge on any atom is -0.375 e. The second-order valence-corrected chi connectivity index (χ2v) is 3.50. The van der Waals surface area contributed by atoms with Crippen molar-refractivity contribution in [3.05, 3.63) is 28.4 Å². The largest absolute Gasteiger partial charge is 0.391 e. The Kier molecular flexibility index (Phi) is 3.87. The van der Waals surface area contributed by atoms with E-state index < -0.39 is 29.4 Å². The van der Waals surface area contributed by atoms with Crippen LogP contribution < -0.4 is 5.32 Å². The van der Waals surface area contributed by atoms with E-state index in [4.69, 9.17) is 0 Å². The molecule has 94 valence electrons. The SMILES string of the molecule is CC(CC(F)(F)F)Nc1cccnc1[N+](=O)[O-]. The number of pyridine rings is 1. The smallest absolute Gasteiger partial charge is 0.375 e. The minimum absolute atomic E-state index is 0.0192. The molecule has 5 nitrogen and oxygen atoms in total. The summed E-state index contributed by atoms with van der Waals surface area (Å²) >= 11 is 0. The lowest BCUT2D eigenvalue weighted by molar-refractivity contribution is -0.388. The zero-order valence-corrected chi connectivity index (χ0v) is 8.86. The number of rotatable bonds is 4. The second-order valence-electron chi connectivity index (χ2n) is 3.50. The fourth-order valence-corrected chi connectivity index (χ4v) is 1.32. The molecule has 1 rings (SSSR count). The Hall–Kier alpha value is -1.86. The molecule has 0 saturated carbocycles. The molecule has 0 spiro atoms.